The van der Waals surface area contributed by atoms with Gasteiger partial charge in [0.15, 0.2) is 0 Å². The molecule has 13 nitrogen and oxygen atoms in total. The molecule has 0 radical (unpaired) electrons. The van der Waals surface area contributed by atoms with Crippen LogP contribution in [0.15, 0.2) is 0 Å². The van der Waals surface area contributed by atoms with Crippen molar-refractivity contribution in [2.24, 2.45) is 17.4 Å². The van der Waals surface area contributed by atoms with Gasteiger partial charge in [0, 0.05) is 0 Å². The Morgan fingerprint density at radius 3 is 1.79 bits per heavy atom. The molecule has 0 aliphatic carbocycles. The van der Waals surface area contributed by atoms with Gasteiger partial charge in [0.1, 0.15) is 24.2 Å². The topological polar surface area (TPSA) is 234 Å². The number of aliphatic carboxylic acids is 1. The third-order valence-corrected chi connectivity index (χ3v) is 3.62. The Balaban J connectivity index is 5.34. The van der Waals surface area contributed by atoms with Crippen LogP contribution in [0.3, 0.4) is 0 Å². The van der Waals surface area contributed by atoms with Crippen molar-refractivity contribution in [2.75, 3.05) is 13.2 Å². The van der Waals surface area contributed by atoms with Crippen LogP contribution in [0.2, 0.25) is 0 Å². The molecule has 4 atom stereocenters. The number of carboxylic acids is 1. The summed E-state index contributed by atoms with van der Waals surface area (Å²) in [5, 5.41) is 33.2. The van der Waals surface area contributed by atoms with E-state index in [1.165, 1.54) is 0 Å². The molecule has 0 saturated heterocycles. The van der Waals surface area contributed by atoms with E-state index < -0.39 is 79.3 Å². The van der Waals surface area contributed by atoms with Crippen molar-refractivity contribution >= 4 is 29.6 Å². The van der Waals surface area contributed by atoms with Crippen molar-refractivity contribution in [3.05, 3.63) is 0 Å². The van der Waals surface area contributed by atoms with Crippen LogP contribution in [0.5, 0.6) is 0 Å². The first-order chi connectivity index (χ1) is 12.9. The highest BCUT2D eigenvalue weighted by atomic mass is 16.4. The molecule has 28 heavy (non-hydrogen) atoms. The van der Waals surface area contributed by atoms with Crippen LogP contribution in [0.25, 0.3) is 0 Å². The van der Waals surface area contributed by atoms with E-state index in [-0.39, 0.29) is 0 Å². The summed E-state index contributed by atoms with van der Waals surface area (Å²) in [6.07, 6.45) is -0.649. The first kappa shape index (κ1) is 25.2. The van der Waals surface area contributed by atoms with E-state index in [2.05, 4.69) is 10.6 Å². The van der Waals surface area contributed by atoms with Crippen LogP contribution in [-0.4, -0.2) is 82.3 Å². The van der Waals surface area contributed by atoms with Crippen molar-refractivity contribution in [2.45, 2.75) is 44.4 Å². The van der Waals surface area contributed by atoms with Gasteiger partial charge in [0.25, 0.3) is 0 Å². The maximum absolute atomic E-state index is 12.5. The molecular formula is C15H27N5O8. The number of nitrogens with one attached hydrogen (secondary N) is 3. The number of hydrogen-bond donors (Lipinski definition) is 8. The van der Waals surface area contributed by atoms with E-state index in [1.54, 1.807) is 13.8 Å². The van der Waals surface area contributed by atoms with Crippen molar-refractivity contribution in [1.29, 1.82) is 0 Å². The average molecular weight is 405 g/mol. The number of rotatable bonds is 12. The summed E-state index contributed by atoms with van der Waals surface area (Å²) in [7, 11) is 0. The van der Waals surface area contributed by atoms with E-state index in [4.69, 9.17) is 26.8 Å². The molecule has 0 fully saturated rings. The third kappa shape index (κ3) is 8.28. The van der Waals surface area contributed by atoms with Crippen molar-refractivity contribution in [3.63, 3.8) is 0 Å². The van der Waals surface area contributed by atoms with E-state index in [9.17, 15) is 24.0 Å². The largest absolute Gasteiger partial charge is 0.480 e. The molecule has 0 heterocycles. The molecule has 0 spiro atoms. The molecule has 4 unspecified atom stereocenters. The van der Waals surface area contributed by atoms with Gasteiger partial charge in [-0.2, -0.15) is 0 Å². The number of nitrogens with two attached hydrogens (primary N) is 2. The van der Waals surface area contributed by atoms with Crippen LogP contribution >= 0.6 is 0 Å². The Labute approximate surface area is 160 Å². The van der Waals surface area contributed by atoms with E-state index in [1.807, 2.05) is 5.32 Å². The molecule has 0 aromatic heterocycles. The smallest absolute Gasteiger partial charge is 0.328 e. The average Bonchev–Trinajstić information content (AvgIpc) is 2.61. The van der Waals surface area contributed by atoms with Crippen LogP contribution in [0.4, 0.5) is 0 Å². The van der Waals surface area contributed by atoms with Crippen molar-refractivity contribution in [1.82, 2.24) is 16.0 Å². The SMILES string of the molecule is CC(C)C(NC(=O)C(N)CO)C(=O)NC(CC(N)=O)C(=O)NC(CO)C(=O)O. The zero-order valence-electron chi connectivity index (χ0n) is 15.5. The molecule has 160 valence electrons. The fourth-order valence-electron chi connectivity index (χ4n) is 2.01. The summed E-state index contributed by atoms with van der Waals surface area (Å²) in [5.74, 6) is -5.66. The lowest BCUT2D eigenvalue weighted by Gasteiger charge is -2.26. The standard InChI is InChI=1S/C15H27N5O8/c1-6(2)11(20-12(24)7(16)4-21)14(26)18-8(3-10(17)23)13(25)19-9(5-22)15(27)28/h6-9,11,21-22H,3-5,16H2,1-2H3,(H2,17,23)(H,18,26)(H,19,25)(H,20,24)(H,27,28). The first-order valence-electron chi connectivity index (χ1n) is 8.34. The molecule has 0 aromatic rings. The van der Waals surface area contributed by atoms with Crippen LogP contribution in [0.1, 0.15) is 20.3 Å². The highest BCUT2D eigenvalue weighted by molar-refractivity contribution is 5.96. The molecule has 4 amide bonds. The fourth-order valence-corrected chi connectivity index (χ4v) is 2.01. The number of carbonyl (C=O) groups is 5. The van der Waals surface area contributed by atoms with Gasteiger partial charge in [-0.15, -0.1) is 0 Å². The molecule has 0 rings (SSSR count). The lowest BCUT2D eigenvalue weighted by molar-refractivity contribution is -0.143. The van der Waals surface area contributed by atoms with Gasteiger partial charge in [0.2, 0.25) is 23.6 Å². The van der Waals surface area contributed by atoms with Crippen LogP contribution in [-0.2, 0) is 24.0 Å². The molecule has 0 saturated carbocycles. The van der Waals surface area contributed by atoms with Crippen LogP contribution in [0, 0.1) is 5.92 Å². The predicted octanol–water partition coefficient (Wildman–Crippen LogP) is -4.63. The van der Waals surface area contributed by atoms with E-state index in [0.29, 0.717) is 0 Å². The molecule has 13 heteroatoms. The second kappa shape index (κ2) is 11.8. The van der Waals surface area contributed by atoms with Gasteiger partial charge in [-0.25, -0.2) is 4.79 Å². The van der Waals surface area contributed by atoms with E-state index >= 15 is 0 Å². The number of carboxylic acid groups (broad SMARTS) is 1. The maximum Gasteiger partial charge on any atom is 0.328 e. The second-order valence-corrected chi connectivity index (χ2v) is 6.33. The quantitative estimate of drug-likeness (QED) is 0.156. The Morgan fingerprint density at radius 1 is 0.857 bits per heavy atom. The summed E-state index contributed by atoms with van der Waals surface area (Å²) >= 11 is 0. The number of carbonyl (C=O) groups excluding carboxylic acids is 4. The minimum absolute atomic E-state index is 0.462. The summed E-state index contributed by atoms with van der Waals surface area (Å²) in [6, 6.07) is -5.62. The number of aliphatic hydroxyl groups is 2. The molecule has 0 aliphatic rings. The van der Waals surface area contributed by atoms with Crippen molar-refractivity contribution < 1.29 is 39.3 Å². The Bertz CT molecular complexity index is 597. The fraction of sp³-hybridized carbons (Fsp3) is 0.667. The monoisotopic (exact) mass is 405 g/mol. The van der Waals surface area contributed by atoms with Crippen molar-refractivity contribution in [3.8, 4) is 0 Å². The molecule has 0 aliphatic heterocycles. The van der Waals surface area contributed by atoms with Gasteiger partial charge < -0.3 is 42.7 Å². The van der Waals surface area contributed by atoms with Gasteiger partial charge >= 0.3 is 5.97 Å². The summed E-state index contributed by atoms with van der Waals surface area (Å²) in [6.45, 7) is 1.61. The minimum Gasteiger partial charge on any atom is -0.480 e. The minimum atomic E-state index is -1.65. The molecular weight excluding hydrogens is 378 g/mol. The summed E-state index contributed by atoms with van der Waals surface area (Å²) < 4.78 is 0. The Hall–Kier alpha value is -2.77. The van der Waals surface area contributed by atoms with Gasteiger partial charge in [-0.1, -0.05) is 13.8 Å². The van der Waals surface area contributed by atoms with Gasteiger partial charge in [0.05, 0.1) is 19.6 Å². The second-order valence-electron chi connectivity index (χ2n) is 6.33. The highest BCUT2D eigenvalue weighted by Crippen LogP contribution is 2.04. The van der Waals surface area contributed by atoms with E-state index in [0.717, 1.165) is 0 Å². The van der Waals surface area contributed by atoms with Gasteiger partial charge in [-0.3, -0.25) is 19.2 Å². The molecule has 0 aromatic carbocycles. The molecule has 10 N–H and O–H groups in total. The number of primary amides is 1. The summed E-state index contributed by atoms with van der Waals surface area (Å²) in [5.41, 5.74) is 10.4. The predicted molar refractivity (Wildman–Crippen MR) is 94.2 cm³/mol. The lowest BCUT2D eigenvalue weighted by Crippen LogP contribution is -2.59. The number of aliphatic hydroxyl groups excluding tert-OH is 2. The van der Waals surface area contributed by atoms with Gasteiger partial charge in [-0.05, 0) is 5.92 Å². The molecule has 0 bridgehead atoms. The first-order valence-corrected chi connectivity index (χ1v) is 8.34. The van der Waals surface area contributed by atoms with Crippen LogP contribution < -0.4 is 27.4 Å². The third-order valence-electron chi connectivity index (χ3n) is 3.62. The number of amides is 4. The zero-order chi connectivity index (χ0) is 22.0. The summed E-state index contributed by atoms with van der Waals surface area (Å²) in [4.78, 5) is 58.6. The lowest BCUT2D eigenvalue weighted by atomic mass is 10.0. The zero-order valence-corrected chi connectivity index (χ0v) is 15.5. The highest BCUT2D eigenvalue weighted by Gasteiger charge is 2.32. The maximum atomic E-state index is 12.5. The normalized spacial score (nSPS) is 15.1. The number of hydrogen-bond acceptors (Lipinski definition) is 8. The Kier molecular flexibility index (Phi) is 10.7. The Morgan fingerprint density at radius 2 is 1.39 bits per heavy atom.